The molecule has 0 aliphatic rings. The summed E-state index contributed by atoms with van der Waals surface area (Å²) >= 11 is 12.4. The fourth-order valence-corrected chi connectivity index (χ4v) is 3.99. The van der Waals surface area contributed by atoms with E-state index < -0.39 is 6.04 Å². The molecule has 0 radical (unpaired) electrons. The first-order valence-corrected chi connectivity index (χ1v) is 11.5. The number of carbonyl (C=O) groups excluding carboxylic acids is 1. The van der Waals surface area contributed by atoms with Crippen molar-refractivity contribution in [2.75, 3.05) is 25.6 Å². The van der Waals surface area contributed by atoms with Gasteiger partial charge >= 0.3 is 6.03 Å². The molecule has 1 N–H and O–H groups in total. The minimum Gasteiger partial charge on any atom is -0.383 e. The summed E-state index contributed by atoms with van der Waals surface area (Å²) in [7, 11) is 1.58. The number of urea groups is 1. The van der Waals surface area contributed by atoms with Gasteiger partial charge in [-0.3, -0.25) is 9.36 Å². The molecule has 3 aromatic rings. The van der Waals surface area contributed by atoms with Crippen molar-refractivity contribution in [3.63, 3.8) is 0 Å². The molecule has 2 amide bonds. The average molecular weight is 491 g/mol. The highest BCUT2D eigenvalue weighted by molar-refractivity contribution is 6.43. The van der Waals surface area contributed by atoms with Crippen molar-refractivity contribution in [3.05, 3.63) is 68.7 Å². The van der Waals surface area contributed by atoms with Gasteiger partial charge in [0, 0.05) is 13.7 Å². The maximum atomic E-state index is 13.4. The van der Waals surface area contributed by atoms with Gasteiger partial charge in [0.25, 0.3) is 5.56 Å². The monoisotopic (exact) mass is 490 g/mol. The average Bonchev–Trinajstić information content (AvgIpc) is 2.79. The van der Waals surface area contributed by atoms with Gasteiger partial charge in [0.2, 0.25) is 0 Å². The normalized spacial score (nSPS) is 12.2. The van der Waals surface area contributed by atoms with Crippen LogP contribution in [0.5, 0.6) is 0 Å². The van der Waals surface area contributed by atoms with Gasteiger partial charge in [-0.05, 0) is 37.1 Å². The summed E-state index contributed by atoms with van der Waals surface area (Å²) in [4.78, 5) is 33.1. The number of hydrogen-bond donors (Lipinski definition) is 1. The van der Waals surface area contributed by atoms with E-state index in [-0.39, 0.29) is 22.5 Å². The fraction of sp³-hybridized carbons (Fsp3) is 0.375. The molecule has 176 valence electrons. The Labute approximate surface area is 203 Å². The second-order valence-electron chi connectivity index (χ2n) is 8.19. The van der Waals surface area contributed by atoms with Crippen LogP contribution >= 0.6 is 23.2 Å². The number of nitrogens with one attached hydrogen (secondary N) is 1. The lowest BCUT2D eigenvalue weighted by molar-refractivity contribution is 0.169. The highest BCUT2D eigenvalue weighted by Gasteiger charge is 2.27. The van der Waals surface area contributed by atoms with Crippen LogP contribution < -0.4 is 10.9 Å². The molecule has 7 nitrogen and oxygen atoms in total. The Morgan fingerprint density at radius 1 is 1.15 bits per heavy atom. The van der Waals surface area contributed by atoms with Gasteiger partial charge in [-0.1, -0.05) is 55.2 Å². The van der Waals surface area contributed by atoms with Gasteiger partial charge in [0.15, 0.2) is 0 Å². The van der Waals surface area contributed by atoms with E-state index in [9.17, 15) is 9.59 Å². The quantitative estimate of drug-likeness (QED) is 0.445. The van der Waals surface area contributed by atoms with E-state index >= 15 is 0 Å². The predicted octanol–water partition coefficient (Wildman–Crippen LogP) is 5.60. The predicted molar refractivity (Wildman–Crippen MR) is 133 cm³/mol. The third kappa shape index (κ3) is 5.66. The number of aromatic nitrogens is 2. The lowest BCUT2D eigenvalue weighted by Crippen LogP contribution is -2.42. The molecule has 0 spiro atoms. The minimum atomic E-state index is -0.500. The van der Waals surface area contributed by atoms with Gasteiger partial charge in [0.05, 0.1) is 45.8 Å². The number of ether oxygens (including phenoxy) is 1. The number of benzene rings is 2. The number of nitrogens with zero attached hydrogens (tertiary/aromatic N) is 3. The van der Waals surface area contributed by atoms with E-state index in [1.165, 1.54) is 0 Å². The number of carbonyl (C=O) groups is 1. The second-order valence-corrected chi connectivity index (χ2v) is 8.98. The van der Waals surface area contributed by atoms with Crippen molar-refractivity contribution in [2.24, 2.45) is 5.92 Å². The SMILES string of the molecule is COCCn1c(C(C)N(CC(C)C)C(=O)Nc2cccc(Cl)c2Cl)nc2ccccc2c1=O. The standard InChI is InChI=1S/C24H28Cl2N4O3/c1-15(2)14-30(24(32)28-20-11-7-9-18(25)21(20)26)16(3)22-27-19-10-6-5-8-17(19)23(31)29(22)12-13-33-4/h5-11,15-16H,12-14H2,1-4H3,(H,28,32). The van der Waals surface area contributed by atoms with Crippen LogP contribution in [0.3, 0.4) is 0 Å². The summed E-state index contributed by atoms with van der Waals surface area (Å²) in [5, 5.41) is 3.99. The van der Waals surface area contributed by atoms with Crippen LogP contribution in [-0.4, -0.2) is 40.7 Å². The molecule has 0 bridgehead atoms. The fourth-order valence-electron chi connectivity index (χ4n) is 3.64. The van der Waals surface area contributed by atoms with E-state index in [0.29, 0.717) is 47.1 Å². The molecule has 2 aromatic carbocycles. The number of halogens is 2. The molecular weight excluding hydrogens is 463 g/mol. The number of rotatable bonds is 8. The number of methoxy groups -OCH3 is 1. The Hall–Kier alpha value is -2.61. The Morgan fingerprint density at radius 2 is 1.88 bits per heavy atom. The lowest BCUT2D eigenvalue weighted by Gasteiger charge is -2.32. The van der Waals surface area contributed by atoms with Crippen molar-refractivity contribution in [3.8, 4) is 0 Å². The summed E-state index contributed by atoms with van der Waals surface area (Å²) in [6.07, 6.45) is 0. The van der Waals surface area contributed by atoms with Crippen molar-refractivity contribution in [1.82, 2.24) is 14.5 Å². The van der Waals surface area contributed by atoms with Gasteiger partial charge in [-0.2, -0.15) is 0 Å². The van der Waals surface area contributed by atoms with E-state index in [2.05, 4.69) is 5.32 Å². The molecule has 0 fully saturated rings. The topological polar surface area (TPSA) is 76.5 Å². The molecule has 0 saturated carbocycles. The van der Waals surface area contributed by atoms with Crippen LogP contribution in [0.15, 0.2) is 47.3 Å². The maximum Gasteiger partial charge on any atom is 0.322 e. The largest absolute Gasteiger partial charge is 0.383 e. The van der Waals surface area contributed by atoms with Crippen molar-refractivity contribution in [1.29, 1.82) is 0 Å². The third-order valence-corrected chi connectivity index (χ3v) is 6.09. The highest BCUT2D eigenvalue weighted by atomic mass is 35.5. The van der Waals surface area contributed by atoms with E-state index in [1.807, 2.05) is 32.9 Å². The zero-order valence-corrected chi connectivity index (χ0v) is 20.7. The van der Waals surface area contributed by atoms with Crippen molar-refractivity contribution in [2.45, 2.75) is 33.4 Å². The van der Waals surface area contributed by atoms with Crippen molar-refractivity contribution >= 4 is 45.8 Å². The maximum absolute atomic E-state index is 13.4. The summed E-state index contributed by atoms with van der Waals surface area (Å²) in [6, 6.07) is 11.4. The smallest absolute Gasteiger partial charge is 0.322 e. The Bertz CT molecular complexity index is 1200. The van der Waals surface area contributed by atoms with Gasteiger partial charge in [0.1, 0.15) is 5.82 Å². The first-order valence-electron chi connectivity index (χ1n) is 10.7. The zero-order chi connectivity index (χ0) is 24.1. The summed E-state index contributed by atoms with van der Waals surface area (Å²) in [5.41, 5.74) is 0.835. The summed E-state index contributed by atoms with van der Waals surface area (Å²) < 4.78 is 6.80. The van der Waals surface area contributed by atoms with Gasteiger partial charge < -0.3 is 15.0 Å². The second kappa shape index (κ2) is 11.0. The summed E-state index contributed by atoms with van der Waals surface area (Å²) in [5.74, 6) is 0.663. The molecule has 9 heteroatoms. The number of hydrogen-bond acceptors (Lipinski definition) is 4. The Morgan fingerprint density at radius 3 is 2.58 bits per heavy atom. The molecule has 0 aliphatic carbocycles. The molecule has 1 aromatic heterocycles. The van der Waals surface area contributed by atoms with E-state index in [0.717, 1.165) is 0 Å². The third-order valence-electron chi connectivity index (χ3n) is 5.27. The van der Waals surface area contributed by atoms with Crippen LogP contribution in [0.2, 0.25) is 10.0 Å². The van der Waals surface area contributed by atoms with Gasteiger partial charge in [-0.25, -0.2) is 9.78 Å². The van der Waals surface area contributed by atoms with Crippen LogP contribution in [-0.2, 0) is 11.3 Å². The van der Waals surface area contributed by atoms with E-state index in [4.69, 9.17) is 32.9 Å². The van der Waals surface area contributed by atoms with Crippen molar-refractivity contribution < 1.29 is 9.53 Å². The number of fused-ring (bicyclic) bond motifs is 1. The molecule has 33 heavy (non-hydrogen) atoms. The molecule has 3 rings (SSSR count). The Kier molecular flexibility index (Phi) is 8.35. The first kappa shape index (κ1) is 25.0. The summed E-state index contributed by atoms with van der Waals surface area (Å²) in [6.45, 7) is 7.01. The van der Waals surface area contributed by atoms with E-state index in [1.54, 1.807) is 46.9 Å². The van der Waals surface area contributed by atoms with Crippen LogP contribution in [0.4, 0.5) is 10.5 Å². The van der Waals surface area contributed by atoms with Crippen LogP contribution in [0.25, 0.3) is 10.9 Å². The molecule has 1 heterocycles. The zero-order valence-electron chi connectivity index (χ0n) is 19.1. The first-order chi connectivity index (χ1) is 15.7. The number of anilines is 1. The minimum absolute atomic E-state index is 0.165. The Balaban J connectivity index is 2.05. The van der Waals surface area contributed by atoms with Crippen LogP contribution in [0.1, 0.15) is 32.6 Å². The number of para-hydroxylation sites is 1. The lowest BCUT2D eigenvalue weighted by atomic mass is 10.1. The molecule has 1 unspecified atom stereocenters. The van der Waals surface area contributed by atoms with Crippen LogP contribution in [0, 0.1) is 5.92 Å². The molecule has 1 atom stereocenters. The molecular formula is C24H28Cl2N4O3. The number of amides is 2. The van der Waals surface area contributed by atoms with Gasteiger partial charge in [-0.15, -0.1) is 0 Å². The highest BCUT2D eigenvalue weighted by Crippen LogP contribution is 2.30. The molecule has 0 aliphatic heterocycles. The molecule has 0 saturated heterocycles.